The summed E-state index contributed by atoms with van der Waals surface area (Å²) in [6.45, 7) is 1.30. The summed E-state index contributed by atoms with van der Waals surface area (Å²) in [5.41, 5.74) is 0.422. The van der Waals surface area contributed by atoms with Gasteiger partial charge in [0.15, 0.2) is 11.5 Å². The van der Waals surface area contributed by atoms with Crippen LogP contribution in [0.25, 0.3) is 10.9 Å². The molecule has 29 heavy (non-hydrogen) atoms. The Bertz CT molecular complexity index is 903. The predicted octanol–water partition coefficient (Wildman–Crippen LogP) is 3.23. The molecule has 1 aromatic heterocycles. The van der Waals surface area contributed by atoms with Crippen LogP contribution in [0.15, 0.2) is 23.3 Å². The molecule has 3 rings (SSSR count). The van der Waals surface area contributed by atoms with Crippen molar-refractivity contribution in [3.05, 3.63) is 28.8 Å². The zero-order valence-electron chi connectivity index (χ0n) is 17.6. The lowest BCUT2D eigenvalue weighted by atomic mass is 9.89. The number of amides is 1. The molecule has 0 saturated heterocycles. The molecule has 1 aliphatic rings. The van der Waals surface area contributed by atoms with Crippen molar-refractivity contribution < 1.29 is 14.3 Å². The number of hydrogen-bond acceptors (Lipinski definition) is 5. The summed E-state index contributed by atoms with van der Waals surface area (Å²) in [6, 6.07) is 3.35. The maximum absolute atomic E-state index is 12.8. The molecule has 1 aliphatic carbocycles. The highest BCUT2D eigenvalue weighted by Crippen LogP contribution is 2.29. The van der Waals surface area contributed by atoms with Crippen LogP contribution in [0, 0.1) is 5.92 Å². The van der Waals surface area contributed by atoms with Crippen molar-refractivity contribution in [2.75, 3.05) is 27.8 Å². The van der Waals surface area contributed by atoms with Crippen LogP contribution in [0.1, 0.15) is 44.9 Å². The van der Waals surface area contributed by atoms with E-state index in [0.717, 1.165) is 6.54 Å². The molecule has 0 atom stereocenters. The lowest BCUT2D eigenvalue weighted by Gasteiger charge is -2.27. The van der Waals surface area contributed by atoms with E-state index in [4.69, 9.17) is 9.47 Å². The monoisotopic (exact) mass is 401 g/mol. The van der Waals surface area contributed by atoms with Crippen LogP contribution in [-0.2, 0) is 11.3 Å². The number of carbonyl (C=O) groups excluding carboxylic acids is 1. The fourth-order valence-corrected chi connectivity index (χ4v) is 4.10. The van der Waals surface area contributed by atoms with E-state index in [0.29, 0.717) is 47.7 Å². The van der Waals surface area contributed by atoms with Gasteiger partial charge in [-0.1, -0.05) is 19.3 Å². The first-order chi connectivity index (χ1) is 14.0. The minimum Gasteiger partial charge on any atom is -0.493 e. The van der Waals surface area contributed by atoms with E-state index in [-0.39, 0.29) is 11.5 Å². The first-order valence-electron chi connectivity index (χ1n) is 10.4. The molecule has 158 valence electrons. The van der Waals surface area contributed by atoms with Gasteiger partial charge in [0.05, 0.1) is 31.4 Å². The van der Waals surface area contributed by atoms with Crippen molar-refractivity contribution in [2.24, 2.45) is 5.92 Å². The average molecular weight is 402 g/mol. The normalized spacial score (nSPS) is 14.7. The molecule has 7 heteroatoms. The van der Waals surface area contributed by atoms with E-state index in [1.165, 1.54) is 45.5 Å². The highest BCUT2D eigenvalue weighted by Gasteiger charge is 2.18. The van der Waals surface area contributed by atoms with Gasteiger partial charge in [0, 0.05) is 32.6 Å². The third-order valence-corrected chi connectivity index (χ3v) is 5.80. The second-order valence-electron chi connectivity index (χ2n) is 7.85. The molecule has 1 heterocycles. The largest absolute Gasteiger partial charge is 0.493 e. The molecular formula is C22H31N3O4. The number of aryl methyl sites for hydroxylation is 1. The standard InChI is InChI=1S/C22H31N3O4/c1-24(14-16-8-5-4-6-9-16)21(26)10-7-11-25-15-23-18-13-20(29-3)19(28-2)12-17(18)22(25)27/h12-13,15-16H,4-11,14H2,1-3H3. The lowest BCUT2D eigenvalue weighted by molar-refractivity contribution is -0.130. The van der Waals surface area contributed by atoms with Crippen LogP contribution in [0.5, 0.6) is 11.5 Å². The summed E-state index contributed by atoms with van der Waals surface area (Å²) in [5.74, 6) is 1.81. The summed E-state index contributed by atoms with van der Waals surface area (Å²) < 4.78 is 12.1. The highest BCUT2D eigenvalue weighted by atomic mass is 16.5. The minimum absolute atomic E-state index is 0.140. The number of fused-ring (bicyclic) bond motifs is 1. The van der Waals surface area contributed by atoms with Crippen LogP contribution in [-0.4, -0.2) is 48.2 Å². The molecule has 0 unspecified atom stereocenters. The zero-order chi connectivity index (χ0) is 20.8. The number of benzene rings is 1. The van der Waals surface area contributed by atoms with Crippen molar-refractivity contribution in [3.8, 4) is 11.5 Å². The summed E-state index contributed by atoms with van der Waals surface area (Å²) in [5, 5.41) is 0.478. The van der Waals surface area contributed by atoms with E-state index >= 15 is 0 Å². The Morgan fingerprint density at radius 1 is 1.17 bits per heavy atom. The van der Waals surface area contributed by atoms with Crippen LogP contribution >= 0.6 is 0 Å². The number of rotatable bonds is 8. The van der Waals surface area contributed by atoms with Gasteiger partial charge in [-0.25, -0.2) is 4.98 Å². The van der Waals surface area contributed by atoms with Crippen molar-refractivity contribution in [1.29, 1.82) is 0 Å². The number of carbonyl (C=O) groups is 1. The fourth-order valence-electron chi connectivity index (χ4n) is 4.10. The Morgan fingerprint density at radius 2 is 1.86 bits per heavy atom. The van der Waals surface area contributed by atoms with Gasteiger partial charge in [-0.15, -0.1) is 0 Å². The van der Waals surface area contributed by atoms with E-state index in [1.807, 2.05) is 11.9 Å². The number of methoxy groups -OCH3 is 2. The van der Waals surface area contributed by atoms with E-state index in [2.05, 4.69) is 4.98 Å². The van der Waals surface area contributed by atoms with Gasteiger partial charge in [-0.3, -0.25) is 14.2 Å². The lowest BCUT2D eigenvalue weighted by Crippen LogP contribution is -2.32. The predicted molar refractivity (Wildman–Crippen MR) is 113 cm³/mol. The maximum atomic E-state index is 12.8. The van der Waals surface area contributed by atoms with E-state index < -0.39 is 0 Å². The summed E-state index contributed by atoms with van der Waals surface area (Å²) in [4.78, 5) is 31.5. The Labute approximate surface area is 171 Å². The second-order valence-corrected chi connectivity index (χ2v) is 7.85. The molecule has 7 nitrogen and oxygen atoms in total. The van der Waals surface area contributed by atoms with Crippen molar-refractivity contribution in [1.82, 2.24) is 14.5 Å². The third kappa shape index (κ3) is 5.08. The number of aromatic nitrogens is 2. The molecule has 2 aromatic rings. The zero-order valence-corrected chi connectivity index (χ0v) is 17.6. The van der Waals surface area contributed by atoms with Crippen LogP contribution < -0.4 is 15.0 Å². The van der Waals surface area contributed by atoms with Crippen LogP contribution in [0.4, 0.5) is 0 Å². The van der Waals surface area contributed by atoms with Gasteiger partial charge in [0.25, 0.3) is 5.56 Å². The second kappa shape index (κ2) is 9.76. The SMILES string of the molecule is COc1cc2ncn(CCCC(=O)N(C)CC3CCCCC3)c(=O)c2cc1OC. The van der Waals surface area contributed by atoms with Gasteiger partial charge < -0.3 is 14.4 Å². The Hall–Kier alpha value is -2.57. The first-order valence-corrected chi connectivity index (χ1v) is 10.4. The van der Waals surface area contributed by atoms with Gasteiger partial charge in [0.2, 0.25) is 5.91 Å². The molecule has 0 N–H and O–H groups in total. The highest BCUT2D eigenvalue weighted by molar-refractivity contribution is 5.81. The van der Waals surface area contributed by atoms with Crippen LogP contribution in [0.2, 0.25) is 0 Å². The van der Waals surface area contributed by atoms with E-state index in [1.54, 1.807) is 23.8 Å². The first kappa shape index (κ1) is 21.1. The number of nitrogens with zero attached hydrogens (tertiary/aromatic N) is 3. The maximum Gasteiger partial charge on any atom is 0.261 e. The number of ether oxygens (including phenoxy) is 2. The summed E-state index contributed by atoms with van der Waals surface area (Å²) in [6.07, 6.45) is 8.90. The quantitative estimate of drug-likeness (QED) is 0.679. The average Bonchev–Trinajstić information content (AvgIpc) is 2.75. The molecule has 0 radical (unpaired) electrons. The molecule has 1 saturated carbocycles. The van der Waals surface area contributed by atoms with Crippen molar-refractivity contribution in [3.63, 3.8) is 0 Å². The Balaban J connectivity index is 1.60. The summed E-state index contributed by atoms with van der Waals surface area (Å²) in [7, 11) is 4.97. The summed E-state index contributed by atoms with van der Waals surface area (Å²) >= 11 is 0. The Morgan fingerprint density at radius 3 is 2.55 bits per heavy atom. The molecular weight excluding hydrogens is 370 g/mol. The minimum atomic E-state index is -0.140. The molecule has 0 spiro atoms. The fraction of sp³-hybridized carbons (Fsp3) is 0.591. The van der Waals surface area contributed by atoms with Crippen molar-refractivity contribution in [2.45, 2.75) is 51.5 Å². The molecule has 0 bridgehead atoms. The Kier molecular flexibility index (Phi) is 7.12. The van der Waals surface area contributed by atoms with Gasteiger partial charge >= 0.3 is 0 Å². The van der Waals surface area contributed by atoms with Gasteiger partial charge in [-0.05, 0) is 31.2 Å². The third-order valence-electron chi connectivity index (χ3n) is 5.80. The number of hydrogen-bond donors (Lipinski definition) is 0. The smallest absolute Gasteiger partial charge is 0.261 e. The molecule has 1 fully saturated rings. The van der Waals surface area contributed by atoms with E-state index in [9.17, 15) is 9.59 Å². The van der Waals surface area contributed by atoms with Crippen molar-refractivity contribution >= 4 is 16.8 Å². The topological polar surface area (TPSA) is 73.7 Å². The molecule has 1 aromatic carbocycles. The van der Waals surface area contributed by atoms with Crippen LogP contribution in [0.3, 0.4) is 0 Å². The van der Waals surface area contributed by atoms with Gasteiger partial charge in [-0.2, -0.15) is 0 Å². The van der Waals surface area contributed by atoms with Gasteiger partial charge in [0.1, 0.15) is 0 Å². The molecule has 1 amide bonds. The molecule has 0 aliphatic heterocycles.